The lowest BCUT2D eigenvalue weighted by Crippen LogP contribution is -2.49. The second-order valence-electron chi connectivity index (χ2n) is 6.16. The van der Waals surface area contributed by atoms with Crippen LogP contribution in [0.4, 0.5) is 0 Å². The van der Waals surface area contributed by atoms with Crippen molar-refractivity contribution in [3.63, 3.8) is 0 Å². The van der Waals surface area contributed by atoms with Crippen LogP contribution in [0.3, 0.4) is 0 Å². The minimum Gasteiger partial charge on any atom is -0.475 e. The Morgan fingerprint density at radius 1 is 1.44 bits per heavy atom. The minimum atomic E-state index is -0.109. The third kappa shape index (κ3) is 4.24. The Bertz CT molecular complexity index is 748. The van der Waals surface area contributed by atoms with Crippen LogP contribution >= 0.6 is 11.6 Å². The highest BCUT2D eigenvalue weighted by molar-refractivity contribution is 6.30. The number of carbonyl (C=O) groups is 1. The van der Waals surface area contributed by atoms with Gasteiger partial charge in [0.1, 0.15) is 12.6 Å². The maximum absolute atomic E-state index is 12.5. The Morgan fingerprint density at radius 2 is 2.32 bits per heavy atom. The first-order valence-corrected chi connectivity index (χ1v) is 8.97. The van der Waals surface area contributed by atoms with E-state index in [0.29, 0.717) is 30.4 Å². The Balaban J connectivity index is 1.82. The smallest absolute Gasteiger partial charge is 0.224 e. The van der Waals surface area contributed by atoms with Crippen molar-refractivity contribution >= 4 is 29.1 Å². The maximum Gasteiger partial charge on any atom is 0.224 e. The van der Waals surface area contributed by atoms with E-state index in [4.69, 9.17) is 27.8 Å². The number of nitrogens with zero attached hydrogens (tertiary/aromatic N) is 2. The van der Waals surface area contributed by atoms with Crippen LogP contribution in [0, 0.1) is 12.3 Å². The van der Waals surface area contributed by atoms with E-state index in [1.54, 1.807) is 0 Å². The van der Waals surface area contributed by atoms with Crippen molar-refractivity contribution in [1.29, 1.82) is 0 Å². The van der Waals surface area contributed by atoms with Gasteiger partial charge in [-0.25, -0.2) is 4.99 Å². The highest BCUT2D eigenvalue weighted by Gasteiger charge is 2.32. The highest BCUT2D eigenvalue weighted by Crippen LogP contribution is 2.26. The number of ether oxygens (including phenoxy) is 1. The normalized spacial score (nSPS) is 20.2. The predicted octanol–water partition coefficient (Wildman–Crippen LogP) is 3.90. The van der Waals surface area contributed by atoms with Crippen LogP contribution in [-0.4, -0.2) is 35.9 Å². The Hall–Kier alpha value is -2.25. The highest BCUT2D eigenvalue weighted by atomic mass is 35.5. The molecule has 0 spiro atoms. The number of amides is 1. The number of hydrogen-bond donors (Lipinski definition) is 0. The van der Waals surface area contributed by atoms with Crippen LogP contribution in [0.5, 0.6) is 0 Å². The summed E-state index contributed by atoms with van der Waals surface area (Å²) in [4.78, 5) is 19.1. The number of likely N-dealkylation sites (tertiary alicyclic amines) is 1. The van der Waals surface area contributed by atoms with E-state index in [2.05, 4.69) is 5.92 Å². The van der Waals surface area contributed by atoms with Gasteiger partial charge < -0.3 is 9.64 Å². The average molecular weight is 357 g/mol. The average Bonchev–Trinajstić information content (AvgIpc) is 2.66. The van der Waals surface area contributed by atoms with Crippen molar-refractivity contribution in [2.75, 3.05) is 13.2 Å². The van der Waals surface area contributed by atoms with Gasteiger partial charge in [0, 0.05) is 30.0 Å². The summed E-state index contributed by atoms with van der Waals surface area (Å²) in [6.45, 7) is 1.18. The van der Waals surface area contributed by atoms with Gasteiger partial charge >= 0.3 is 0 Å². The van der Waals surface area contributed by atoms with Gasteiger partial charge in [0.15, 0.2) is 0 Å². The molecule has 25 heavy (non-hydrogen) atoms. The largest absolute Gasteiger partial charge is 0.475 e. The van der Waals surface area contributed by atoms with Crippen LogP contribution < -0.4 is 0 Å². The topological polar surface area (TPSA) is 41.9 Å². The molecular weight excluding hydrogens is 336 g/mol. The quantitative estimate of drug-likeness (QED) is 0.768. The molecule has 1 unspecified atom stereocenters. The van der Waals surface area contributed by atoms with Gasteiger partial charge in [0.2, 0.25) is 11.8 Å². The number of rotatable bonds is 4. The van der Waals surface area contributed by atoms with Crippen LogP contribution in [0.25, 0.3) is 5.70 Å². The Labute approximate surface area is 153 Å². The molecule has 2 heterocycles. The lowest BCUT2D eigenvalue weighted by Gasteiger charge is -2.36. The maximum atomic E-state index is 12.5. The van der Waals surface area contributed by atoms with E-state index < -0.39 is 0 Å². The van der Waals surface area contributed by atoms with Crippen LogP contribution in [0.2, 0.25) is 5.02 Å². The lowest BCUT2D eigenvalue weighted by molar-refractivity contribution is -0.133. The van der Waals surface area contributed by atoms with E-state index in [9.17, 15) is 4.79 Å². The lowest BCUT2D eigenvalue weighted by atomic mass is 10.0. The number of piperidine rings is 1. The predicted molar refractivity (Wildman–Crippen MR) is 100 cm³/mol. The molecule has 0 bridgehead atoms. The molecule has 1 amide bonds. The zero-order valence-corrected chi connectivity index (χ0v) is 14.8. The van der Waals surface area contributed by atoms with E-state index in [1.807, 2.05) is 35.2 Å². The summed E-state index contributed by atoms with van der Waals surface area (Å²) in [5, 5.41) is 0.672. The molecule has 130 valence electrons. The molecule has 1 atom stereocenters. The van der Waals surface area contributed by atoms with Gasteiger partial charge in [-0.3, -0.25) is 4.79 Å². The summed E-state index contributed by atoms with van der Waals surface area (Å²) in [7, 11) is 0. The van der Waals surface area contributed by atoms with E-state index in [1.165, 1.54) is 0 Å². The van der Waals surface area contributed by atoms with E-state index in [0.717, 1.165) is 37.1 Å². The summed E-state index contributed by atoms with van der Waals surface area (Å²) in [5.41, 5.74) is 1.79. The molecular formula is C20H21ClN2O2. The number of carbonyl (C=O) groups excluding carboxylic acids is 1. The molecule has 4 nitrogen and oxygen atoms in total. The first kappa shape index (κ1) is 17.6. The van der Waals surface area contributed by atoms with Gasteiger partial charge in [-0.2, -0.15) is 0 Å². The number of aliphatic imine (C=N–C) groups is 1. The van der Waals surface area contributed by atoms with Crippen molar-refractivity contribution in [3.05, 3.63) is 40.9 Å². The van der Waals surface area contributed by atoms with Crippen molar-refractivity contribution in [3.8, 4) is 12.3 Å². The molecule has 3 rings (SSSR count). The summed E-state index contributed by atoms with van der Waals surface area (Å²) in [5.74, 6) is 3.23. The van der Waals surface area contributed by atoms with Crippen LogP contribution in [0.15, 0.2) is 35.3 Å². The van der Waals surface area contributed by atoms with Gasteiger partial charge in [0.05, 0.1) is 5.70 Å². The zero-order valence-electron chi connectivity index (χ0n) is 14.1. The van der Waals surface area contributed by atoms with Crippen LogP contribution in [-0.2, 0) is 9.53 Å². The second-order valence-corrected chi connectivity index (χ2v) is 6.60. The molecule has 1 aromatic carbocycles. The van der Waals surface area contributed by atoms with Gasteiger partial charge in [-0.1, -0.05) is 23.7 Å². The molecule has 0 N–H and O–H groups in total. The monoisotopic (exact) mass is 356 g/mol. The molecule has 2 aliphatic rings. The molecule has 1 aromatic rings. The molecule has 0 aromatic heterocycles. The van der Waals surface area contributed by atoms with Crippen LogP contribution in [0.1, 0.15) is 37.7 Å². The SMILES string of the molecule is C#CCCC(=O)N1CCCCC1C1=NC(c2cccc(Cl)c2)=CCO1. The Kier molecular flexibility index (Phi) is 5.78. The third-order valence-electron chi connectivity index (χ3n) is 4.45. The third-order valence-corrected chi connectivity index (χ3v) is 4.69. The van der Waals surface area contributed by atoms with Gasteiger partial charge in [-0.15, -0.1) is 12.3 Å². The number of terminal acetylenes is 1. The number of hydrogen-bond acceptors (Lipinski definition) is 3. The van der Waals surface area contributed by atoms with Crippen molar-refractivity contribution in [2.24, 2.45) is 4.99 Å². The molecule has 1 saturated heterocycles. The molecule has 2 aliphatic heterocycles. The van der Waals surface area contributed by atoms with Crippen molar-refractivity contribution < 1.29 is 9.53 Å². The summed E-state index contributed by atoms with van der Waals surface area (Å²) in [6, 6.07) is 7.49. The summed E-state index contributed by atoms with van der Waals surface area (Å²) in [6.07, 6.45) is 11.0. The minimum absolute atomic E-state index is 0.0767. The Morgan fingerprint density at radius 3 is 3.12 bits per heavy atom. The van der Waals surface area contributed by atoms with Gasteiger partial charge in [-0.05, 0) is 37.5 Å². The number of benzene rings is 1. The molecule has 1 fully saturated rings. The van der Waals surface area contributed by atoms with Crippen molar-refractivity contribution in [1.82, 2.24) is 4.90 Å². The second kappa shape index (κ2) is 8.22. The zero-order chi connectivity index (χ0) is 17.6. The first-order chi connectivity index (χ1) is 12.2. The molecule has 0 saturated carbocycles. The molecule has 0 aliphatic carbocycles. The standard InChI is InChI=1S/C20H21ClN2O2/c1-2-3-10-19(24)23-12-5-4-9-18(23)20-22-17(11-13-25-20)15-7-6-8-16(21)14-15/h1,6-8,11,14,18H,3-5,9-10,12-13H2. The fourth-order valence-electron chi connectivity index (χ4n) is 3.21. The summed E-state index contributed by atoms with van der Waals surface area (Å²) < 4.78 is 5.79. The van der Waals surface area contributed by atoms with E-state index >= 15 is 0 Å². The molecule has 0 radical (unpaired) electrons. The first-order valence-electron chi connectivity index (χ1n) is 8.59. The number of halogens is 1. The molecule has 5 heteroatoms. The van der Waals surface area contributed by atoms with Gasteiger partial charge in [0.25, 0.3) is 0 Å². The fraction of sp³-hybridized carbons (Fsp3) is 0.400. The van der Waals surface area contributed by atoms with E-state index in [-0.39, 0.29) is 11.9 Å². The fourth-order valence-corrected chi connectivity index (χ4v) is 3.40. The van der Waals surface area contributed by atoms with Crippen molar-refractivity contribution in [2.45, 2.75) is 38.1 Å². The summed E-state index contributed by atoms with van der Waals surface area (Å²) >= 11 is 6.09.